The molecule has 2 aromatic rings. The Kier molecular flexibility index (Phi) is 7.50. The Morgan fingerprint density at radius 1 is 1.13 bits per heavy atom. The Morgan fingerprint density at radius 2 is 1.83 bits per heavy atom. The van der Waals surface area contributed by atoms with Crippen LogP contribution in [0.1, 0.15) is 43.2 Å². The first kappa shape index (κ1) is 22.3. The first-order valence-electron chi connectivity index (χ1n) is 10.4. The van der Waals surface area contributed by atoms with Gasteiger partial charge in [0.15, 0.2) is 0 Å². The Hall–Kier alpha value is -2.38. The summed E-state index contributed by atoms with van der Waals surface area (Å²) in [6.45, 7) is 3.76. The van der Waals surface area contributed by atoms with Gasteiger partial charge in [0.25, 0.3) is 0 Å². The van der Waals surface area contributed by atoms with Crippen LogP contribution in [0.2, 0.25) is 0 Å². The highest BCUT2D eigenvalue weighted by Crippen LogP contribution is 2.27. The number of methoxy groups -OCH3 is 1. The number of sulfonamides is 1. The van der Waals surface area contributed by atoms with Gasteiger partial charge in [0.05, 0.1) is 12.0 Å². The molecule has 1 saturated heterocycles. The lowest BCUT2D eigenvalue weighted by Gasteiger charge is -2.17. The number of hydrogen-bond acceptors (Lipinski definition) is 4. The van der Waals surface area contributed by atoms with Crippen LogP contribution in [0.5, 0.6) is 5.75 Å². The highest BCUT2D eigenvalue weighted by molar-refractivity contribution is 7.89. The zero-order valence-electron chi connectivity index (χ0n) is 17.6. The van der Waals surface area contributed by atoms with Crippen LogP contribution < -0.4 is 10.1 Å². The van der Waals surface area contributed by atoms with Crippen LogP contribution in [-0.2, 0) is 21.2 Å². The van der Waals surface area contributed by atoms with Crippen LogP contribution in [0.25, 0.3) is 0 Å². The smallest absolute Gasteiger partial charge is 0.243 e. The van der Waals surface area contributed by atoms with Gasteiger partial charge in [-0.25, -0.2) is 8.42 Å². The van der Waals surface area contributed by atoms with Gasteiger partial charge >= 0.3 is 0 Å². The molecule has 0 aromatic heterocycles. The molecule has 1 aliphatic rings. The van der Waals surface area contributed by atoms with Crippen LogP contribution in [0.3, 0.4) is 0 Å². The fourth-order valence-electron chi connectivity index (χ4n) is 3.69. The SMILES string of the molecule is COc1ccc(S(=O)(=O)N2CCCC2)cc1CCC(=O)NC[C@H](C)c1ccccc1. The summed E-state index contributed by atoms with van der Waals surface area (Å²) in [4.78, 5) is 12.6. The van der Waals surface area contributed by atoms with Crippen LogP contribution in [0.15, 0.2) is 53.4 Å². The standard InChI is InChI=1S/C23H30N2O4S/c1-18(19-8-4-3-5-9-19)17-24-23(26)13-10-20-16-21(11-12-22(20)29-2)30(27,28)25-14-6-7-15-25/h3-5,8-9,11-12,16,18H,6-7,10,13-15,17H2,1-2H3,(H,24,26)/t18-/m0/s1. The van der Waals surface area contributed by atoms with E-state index in [-0.39, 0.29) is 23.1 Å². The van der Waals surface area contributed by atoms with Gasteiger partial charge in [0.2, 0.25) is 15.9 Å². The second kappa shape index (κ2) is 10.1. The number of benzene rings is 2. The van der Waals surface area contributed by atoms with E-state index < -0.39 is 10.0 Å². The van der Waals surface area contributed by atoms with Crippen LogP contribution in [0, 0.1) is 0 Å². The van der Waals surface area contributed by atoms with E-state index in [4.69, 9.17) is 4.74 Å². The van der Waals surface area contributed by atoms with Gasteiger partial charge in [-0.3, -0.25) is 4.79 Å². The fourth-order valence-corrected chi connectivity index (χ4v) is 5.26. The number of aryl methyl sites for hydroxylation is 1. The summed E-state index contributed by atoms with van der Waals surface area (Å²) in [7, 11) is -1.95. The number of ether oxygens (including phenoxy) is 1. The summed E-state index contributed by atoms with van der Waals surface area (Å²) in [5.74, 6) is 0.757. The maximum absolute atomic E-state index is 12.8. The van der Waals surface area contributed by atoms with Crippen molar-refractivity contribution in [2.45, 2.75) is 43.4 Å². The summed E-state index contributed by atoms with van der Waals surface area (Å²) in [6, 6.07) is 15.0. The second-order valence-electron chi connectivity index (χ2n) is 7.70. The van der Waals surface area contributed by atoms with Gasteiger partial charge < -0.3 is 10.1 Å². The van der Waals surface area contributed by atoms with Crippen molar-refractivity contribution >= 4 is 15.9 Å². The van der Waals surface area contributed by atoms with Crippen molar-refractivity contribution in [2.24, 2.45) is 0 Å². The predicted molar refractivity (Wildman–Crippen MR) is 117 cm³/mol. The van der Waals surface area contributed by atoms with Crippen molar-refractivity contribution in [3.8, 4) is 5.75 Å². The number of nitrogens with one attached hydrogen (secondary N) is 1. The predicted octanol–water partition coefficient (Wildman–Crippen LogP) is 3.33. The third-order valence-corrected chi connectivity index (χ3v) is 7.44. The molecule has 1 heterocycles. The highest BCUT2D eigenvalue weighted by Gasteiger charge is 2.27. The van der Waals surface area contributed by atoms with Crippen molar-refractivity contribution in [3.05, 3.63) is 59.7 Å². The first-order chi connectivity index (χ1) is 14.4. The Balaban J connectivity index is 1.61. The summed E-state index contributed by atoms with van der Waals surface area (Å²) in [5.41, 5.74) is 1.91. The third-order valence-electron chi connectivity index (χ3n) is 5.55. The number of rotatable bonds is 9. The summed E-state index contributed by atoms with van der Waals surface area (Å²) in [6.07, 6.45) is 2.47. The molecule has 0 radical (unpaired) electrons. The van der Waals surface area contributed by atoms with E-state index in [9.17, 15) is 13.2 Å². The molecule has 0 unspecified atom stereocenters. The van der Waals surface area contributed by atoms with E-state index >= 15 is 0 Å². The minimum atomic E-state index is -3.50. The average Bonchev–Trinajstić information content (AvgIpc) is 3.32. The lowest BCUT2D eigenvalue weighted by molar-refractivity contribution is -0.121. The van der Waals surface area contributed by atoms with Gasteiger partial charge in [-0.05, 0) is 54.5 Å². The lowest BCUT2D eigenvalue weighted by Crippen LogP contribution is -2.28. The van der Waals surface area contributed by atoms with Gasteiger partial charge in [-0.2, -0.15) is 4.31 Å². The number of carbonyl (C=O) groups is 1. The van der Waals surface area contributed by atoms with Crippen LogP contribution in [-0.4, -0.2) is 45.4 Å². The molecule has 162 valence electrons. The normalized spacial score (nSPS) is 15.7. The molecule has 2 aromatic carbocycles. The maximum Gasteiger partial charge on any atom is 0.243 e. The monoisotopic (exact) mass is 430 g/mol. The molecule has 1 amide bonds. The zero-order valence-corrected chi connectivity index (χ0v) is 18.5. The van der Waals surface area contributed by atoms with Crippen LogP contribution >= 0.6 is 0 Å². The van der Waals surface area contributed by atoms with E-state index in [1.165, 1.54) is 9.87 Å². The van der Waals surface area contributed by atoms with Gasteiger partial charge in [-0.15, -0.1) is 0 Å². The Bertz CT molecular complexity index is 954. The van der Waals surface area contributed by atoms with Gasteiger partial charge in [0, 0.05) is 26.1 Å². The molecule has 6 nitrogen and oxygen atoms in total. The molecule has 1 N–H and O–H groups in total. The van der Waals surface area contributed by atoms with Gasteiger partial charge in [-0.1, -0.05) is 37.3 Å². The van der Waals surface area contributed by atoms with Crippen molar-refractivity contribution in [1.82, 2.24) is 9.62 Å². The molecule has 30 heavy (non-hydrogen) atoms. The van der Waals surface area contributed by atoms with Crippen molar-refractivity contribution in [3.63, 3.8) is 0 Å². The van der Waals surface area contributed by atoms with Crippen LogP contribution in [0.4, 0.5) is 0 Å². The molecule has 3 rings (SSSR count). The molecular weight excluding hydrogens is 400 g/mol. The minimum Gasteiger partial charge on any atom is -0.496 e. The van der Waals surface area contributed by atoms with E-state index in [0.717, 1.165) is 18.4 Å². The topological polar surface area (TPSA) is 75.7 Å². The third kappa shape index (κ3) is 5.40. The maximum atomic E-state index is 12.8. The van der Waals surface area contributed by atoms with E-state index in [2.05, 4.69) is 12.2 Å². The molecule has 1 fully saturated rings. The number of carbonyl (C=O) groups excluding carboxylic acids is 1. The average molecular weight is 431 g/mol. The number of nitrogens with zero attached hydrogens (tertiary/aromatic N) is 1. The summed E-state index contributed by atoms with van der Waals surface area (Å²) < 4.78 is 32.6. The second-order valence-corrected chi connectivity index (χ2v) is 9.64. The Labute approximate surface area is 179 Å². The molecule has 0 bridgehead atoms. The molecular formula is C23H30N2O4S. The largest absolute Gasteiger partial charge is 0.496 e. The van der Waals surface area contributed by atoms with E-state index in [1.807, 2.05) is 30.3 Å². The first-order valence-corrected chi connectivity index (χ1v) is 11.8. The molecule has 7 heteroatoms. The molecule has 0 spiro atoms. The lowest BCUT2D eigenvalue weighted by atomic mass is 10.0. The quantitative estimate of drug-likeness (QED) is 0.662. The van der Waals surface area contributed by atoms with E-state index in [1.54, 1.807) is 25.3 Å². The minimum absolute atomic E-state index is 0.0624. The highest BCUT2D eigenvalue weighted by atomic mass is 32.2. The van der Waals surface area contributed by atoms with Crippen molar-refractivity contribution in [1.29, 1.82) is 0 Å². The summed E-state index contributed by atoms with van der Waals surface area (Å²) >= 11 is 0. The molecule has 0 aliphatic carbocycles. The van der Waals surface area contributed by atoms with Gasteiger partial charge in [0.1, 0.15) is 5.75 Å². The Morgan fingerprint density at radius 3 is 2.50 bits per heavy atom. The zero-order chi connectivity index (χ0) is 21.6. The molecule has 1 atom stereocenters. The summed E-state index contributed by atoms with van der Waals surface area (Å²) in [5, 5.41) is 2.97. The van der Waals surface area contributed by atoms with Crippen molar-refractivity contribution < 1.29 is 17.9 Å². The molecule has 0 saturated carbocycles. The number of hydrogen-bond donors (Lipinski definition) is 1. The van der Waals surface area contributed by atoms with E-state index in [0.29, 0.717) is 31.8 Å². The molecule has 1 aliphatic heterocycles. The fraction of sp³-hybridized carbons (Fsp3) is 0.435. The van der Waals surface area contributed by atoms with Crippen molar-refractivity contribution in [2.75, 3.05) is 26.7 Å². The number of amides is 1.